The first-order chi connectivity index (χ1) is 9.66. The van der Waals surface area contributed by atoms with E-state index in [0.29, 0.717) is 19.5 Å². The Bertz CT molecular complexity index is 548. The van der Waals surface area contributed by atoms with Gasteiger partial charge in [-0.25, -0.2) is 4.68 Å². The monoisotopic (exact) mass is 272 g/mol. The summed E-state index contributed by atoms with van der Waals surface area (Å²) in [4.78, 5) is 13.0. The summed E-state index contributed by atoms with van der Waals surface area (Å²) in [6.07, 6.45) is 2.45. The molecule has 0 aliphatic rings. The Morgan fingerprint density at radius 2 is 2.00 bits per heavy atom. The molecule has 1 N–H and O–H groups in total. The lowest BCUT2D eigenvalue weighted by molar-refractivity contribution is -0.128. The minimum absolute atomic E-state index is 0.132. The van der Waals surface area contributed by atoms with E-state index < -0.39 is 0 Å². The van der Waals surface area contributed by atoms with E-state index in [2.05, 4.69) is 10.4 Å². The smallest absolute Gasteiger partial charge is 0.223 e. The molecule has 0 fully saturated rings. The fourth-order valence-electron chi connectivity index (χ4n) is 1.82. The van der Waals surface area contributed by atoms with Crippen LogP contribution in [-0.4, -0.2) is 41.2 Å². The van der Waals surface area contributed by atoms with Crippen LogP contribution in [0.1, 0.15) is 12.1 Å². The molecule has 5 nitrogen and oxygen atoms in total. The molecule has 106 valence electrons. The van der Waals surface area contributed by atoms with Crippen LogP contribution in [-0.2, 0) is 11.3 Å². The molecular formula is C15H20N4O. The van der Waals surface area contributed by atoms with E-state index in [1.54, 1.807) is 19.0 Å². The summed E-state index contributed by atoms with van der Waals surface area (Å²) >= 11 is 0. The molecule has 0 aliphatic carbocycles. The number of nitrogens with zero attached hydrogens (tertiary/aromatic N) is 3. The minimum atomic E-state index is 0.132. The van der Waals surface area contributed by atoms with Gasteiger partial charge in [-0.1, -0.05) is 18.2 Å². The zero-order chi connectivity index (χ0) is 14.4. The van der Waals surface area contributed by atoms with Crippen LogP contribution in [0, 0.1) is 0 Å². The second-order valence-corrected chi connectivity index (χ2v) is 4.80. The minimum Gasteiger partial charge on any atom is -0.349 e. The van der Waals surface area contributed by atoms with Gasteiger partial charge in [-0.15, -0.1) is 0 Å². The molecule has 0 aliphatic heterocycles. The summed E-state index contributed by atoms with van der Waals surface area (Å²) in [5.74, 6) is 0.132. The lowest BCUT2D eigenvalue weighted by atomic mass is 10.3. The van der Waals surface area contributed by atoms with Crippen molar-refractivity contribution in [2.75, 3.05) is 20.6 Å². The molecule has 1 aromatic carbocycles. The Hall–Kier alpha value is -2.14. The van der Waals surface area contributed by atoms with E-state index in [1.165, 1.54) is 0 Å². The highest BCUT2D eigenvalue weighted by molar-refractivity contribution is 5.75. The lowest BCUT2D eigenvalue weighted by Gasteiger charge is -2.09. The van der Waals surface area contributed by atoms with Crippen molar-refractivity contribution in [3.8, 4) is 5.69 Å². The van der Waals surface area contributed by atoms with Gasteiger partial charge in [0, 0.05) is 39.8 Å². The highest BCUT2D eigenvalue weighted by Crippen LogP contribution is 2.06. The van der Waals surface area contributed by atoms with Crippen LogP contribution in [0.15, 0.2) is 42.6 Å². The van der Waals surface area contributed by atoms with Gasteiger partial charge < -0.3 is 10.2 Å². The number of carbonyl (C=O) groups excluding carboxylic acids is 1. The summed E-state index contributed by atoms with van der Waals surface area (Å²) in [5.41, 5.74) is 2.01. The molecule has 0 saturated carbocycles. The Morgan fingerprint density at radius 1 is 1.25 bits per heavy atom. The molecule has 0 saturated heterocycles. The van der Waals surface area contributed by atoms with Gasteiger partial charge in [-0.3, -0.25) is 4.79 Å². The predicted octanol–water partition coefficient (Wildman–Crippen LogP) is 1.44. The summed E-state index contributed by atoms with van der Waals surface area (Å²) in [7, 11) is 3.54. The SMILES string of the molecule is CN(C)C(=O)CCNCc1ccn(-c2ccccc2)n1. The third-order valence-electron chi connectivity index (χ3n) is 2.99. The predicted molar refractivity (Wildman–Crippen MR) is 78.6 cm³/mol. The normalized spacial score (nSPS) is 10.5. The van der Waals surface area contributed by atoms with Gasteiger partial charge in [0.25, 0.3) is 0 Å². The first-order valence-electron chi connectivity index (χ1n) is 6.67. The van der Waals surface area contributed by atoms with Gasteiger partial charge in [0.1, 0.15) is 0 Å². The van der Waals surface area contributed by atoms with Crippen molar-refractivity contribution in [2.24, 2.45) is 0 Å². The van der Waals surface area contributed by atoms with Crippen LogP contribution in [0.5, 0.6) is 0 Å². The van der Waals surface area contributed by atoms with E-state index in [-0.39, 0.29) is 5.91 Å². The van der Waals surface area contributed by atoms with Gasteiger partial charge in [-0.05, 0) is 18.2 Å². The third-order valence-corrected chi connectivity index (χ3v) is 2.99. The molecule has 2 rings (SSSR count). The fraction of sp³-hybridized carbons (Fsp3) is 0.333. The van der Waals surface area contributed by atoms with E-state index in [4.69, 9.17) is 0 Å². The molecule has 2 aromatic rings. The number of nitrogens with one attached hydrogen (secondary N) is 1. The van der Waals surface area contributed by atoms with Crippen molar-refractivity contribution in [1.82, 2.24) is 20.0 Å². The van der Waals surface area contributed by atoms with Crippen LogP contribution in [0.25, 0.3) is 5.69 Å². The maximum atomic E-state index is 11.4. The van der Waals surface area contributed by atoms with Crippen LogP contribution < -0.4 is 5.32 Å². The van der Waals surface area contributed by atoms with Gasteiger partial charge >= 0.3 is 0 Å². The molecule has 1 heterocycles. The molecule has 0 radical (unpaired) electrons. The second kappa shape index (κ2) is 6.86. The number of hydrogen-bond donors (Lipinski definition) is 1. The quantitative estimate of drug-likeness (QED) is 0.810. The summed E-state index contributed by atoms with van der Waals surface area (Å²) in [5, 5.41) is 7.72. The lowest BCUT2D eigenvalue weighted by Crippen LogP contribution is -2.26. The number of hydrogen-bond acceptors (Lipinski definition) is 3. The van der Waals surface area contributed by atoms with Crippen LogP contribution in [0.2, 0.25) is 0 Å². The van der Waals surface area contributed by atoms with Crippen LogP contribution in [0.4, 0.5) is 0 Å². The van der Waals surface area contributed by atoms with Gasteiger partial charge in [0.2, 0.25) is 5.91 Å². The maximum Gasteiger partial charge on any atom is 0.223 e. The highest BCUT2D eigenvalue weighted by Gasteiger charge is 2.04. The summed E-state index contributed by atoms with van der Waals surface area (Å²) in [6.45, 7) is 1.33. The number of para-hydroxylation sites is 1. The second-order valence-electron chi connectivity index (χ2n) is 4.80. The van der Waals surface area contributed by atoms with Crippen LogP contribution in [0.3, 0.4) is 0 Å². The van der Waals surface area contributed by atoms with E-state index in [1.807, 2.05) is 47.3 Å². The van der Waals surface area contributed by atoms with E-state index in [0.717, 1.165) is 11.4 Å². The molecule has 0 unspecified atom stereocenters. The zero-order valence-electron chi connectivity index (χ0n) is 11.9. The van der Waals surface area contributed by atoms with E-state index >= 15 is 0 Å². The van der Waals surface area contributed by atoms with Crippen molar-refractivity contribution in [3.05, 3.63) is 48.3 Å². The first kappa shape index (κ1) is 14.3. The summed E-state index contributed by atoms with van der Waals surface area (Å²) in [6, 6.07) is 12.0. The fourth-order valence-corrected chi connectivity index (χ4v) is 1.82. The number of aromatic nitrogens is 2. The first-order valence-corrected chi connectivity index (χ1v) is 6.67. The molecule has 0 atom stereocenters. The number of carbonyl (C=O) groups is 1. The Labute approximate surface area is 119 Å². The number of benzene rings is 1. The molecule has 0 spiro atoms. The Morgan fingerprint density at radius 3 is 2.70 bits per heavy atom. The third kappa shape index (κ3) is 3.93. The average Bonchev–Trinajstić information content (AvgIpc) is 2.93. The topological polar surface area (TPSA) is 50.2 Å². The average molecular weight is 272 g/mol. The van der Waals surface area contributed by atoms with Crippen molar-refractivity contribution >= 4 is 5.91 Å². The van der Waals surface area contributed by atoms with Crippen molar-refractivity contribution in [2.45, 2.75) is 13.0 Å². The van der Waals surface area contributed by atoms with Gasteiger partial charge in [-0.2, -0.15) is 5.10 Å². The van der Waals surface area contributed by atoms with Crippen molar-refractivity contribution in [3.63, 3.8) is 0 Å². The standard InChI is InChI=1S/C15H20N4O/c1-18(2)15(20)8-10-16-12-13-9-11-19(17-13)14-6-4-3-5-7-14/h3-7,9,11,16H,8,10,12H2,1-2H3. The molecule has 1 amide bonds. The van der Waals surface area contributed by atoms with E-state index in [9.17, 15) is 4.79 Å². The Balaban J connectivity index is 1.81. The highest BCUT2D eigenvalue weighted by atomic mass is 16.2. The molecule has 0 bridgehead atoms. The summed E-state index contributed by atoms with van der Waals surface area (Å²) < 4.78 is 1.85. The Kier molecular flexibility index (Phi) is 4.90. The zero-order valence-corrected chi connectivity index (χ0v) is 11.9. The van der Waals surface area contributed by atoms with Gasteiger partial charge in [0.15, 0.2) is 0 Å². The molecule has 5 heteroatoms. The van der Waals surface area contributed by atoms with Gasteiger partial charge in [0.05, 0.1) is 11.4 Å². The largest absolute Gasteiger partial charge is 0.349 e. The molecule has 20 heavy (non-hydrogen) atoms. The molecule has 1 aromatic heterocycles. The number of rotatable bonds is 6. The molecular weight excluding hydrogens is 252 g/mol. The van der Waals surface area contributed by atoms with Crippen molar-refractivity contribution < 1.29 is 4.79 Å². The van der Waals surface area contributed by atoms with Crippen molar-refractivity contribution in [1.29, 1.82) is 0 Å². The number of amides is 1. The maximum absolute atomic E-state index is 11.4. The van der Waals surface area contributed by atoms with Crippen LogP contribution >= 0.6 is 0 Å².